The van der Waals surface area contributed by atoms with Crippen LogP contribution in [0.4, 0.5) is 18.9 Å². The minimum atomic E-state index is -4.30. The summed E-state index contributed by atoms with van der Waals surface area (Å²) in [5, 5.41) is 2.48. The second kappa shape index (κ2) is 5.92. The minimum Gasteiger partial charge on any atom is -0.375 e. The van der Waals surface area contributed by atoms with Crippen LogP contribution < -0.4 is 5.32 Å². The van der Waals surface area contributed by atoms with Crippen molar-refractivity contribution in [3.63, 3.8) is 0 Å². The first-order valence-electron chi connectivity index (χ1n) is 4.55. The van der Waals surface area contributed by atoms with Crippen molar-refractivity contribution >= 4 is 23.4 Å². The standard InChI is InChI=1S/C10H10F3NO2S/c1-16-6-9(15)14-7-2-4-8(5-3-7)17-10(11,12)13/h2-5H,6H2,1H3,(H,14,15). The number of halogens is 3. The van der Waals surface area contributed by atoms with E-state index >= 15 is 0 Å². The number of ether oxygens (including phenoxy) is 1. The molecular formula is C10H10F3NO2S. The summed E-state index contributed by atoms with van der Waals surface area (Å²) in [4.78, 5) is 11.2. The van der Waals surface area contributed by atoms with Crippen LogP contribution in [0, 0.1) is 0 Å². The molecule has 0 saturated carbocycles. The highest BCUT2D eigenvalue weighted by Crippen LogP contribution is 2.36. The monoisotopic (exact) mass is 265 g/mol. The third-order valence-electron chi connectivity index (χ3n) is 1.65. The van der Waals surface area contributed by atoms with Gasteiger partial charge in [0, 0.05) is 17.7 Å². The summed E-state index contributed by atoms with van der Waals surface area (Å²) in [7, 11) is 1.38. The SMILES string of the molecule is COCC(=O)Nc1ccc(SC(F)(F)F)cc1. The van der Waals surface area contributed by atoms with Crippen molar-refractivity contribution in [3.8, 4) is 0 Å². The molecule has 1 N–H and O–H groups in total. The van der Waals surface area contributed by atoms with Gasteiger partial charge >= 0.3 is 5.51 Å². The van der Waals surface area contributed by atoms with Crippen LogP contribution in [-0.4, -0.2) is 25.1 Å². The molecule has 0 radical (unpaired) electrons. The number of nitrogens with one attached hydrogen (secondary N) is 1. The first-order valence-corrected chi connectivity index (χ1v) is 5.37. The smallest absolute Gasteiger partial charge is 0.375 e. The predicted molar refractivity (Wildman–Crippen MR) is 58.9 cm³/mol. The Bertz CT molecular complexity index is 378. The van der Waals surface area contributed by atoms with Crippen molar-refractivity contribution in [1.29, 1.82) is 0 Å². The van der Waals surface area contributed by atoms with Gasteiger partial charge in [0.2, 0.25) is 5.91 Å². The van der Waals surface area contributed by atoms with Gasteiger partial charge in [-0.25, -0.2) is 0 Å². The van der Waals surface area contributed by atoms with E-state index in [1.165, 1.54) is 31.4 Å². The molecule has 0 aliphatic rings. The third-order valence-corrected chi connectivity index (χ3v) is 2.39. The van der Waals surface area contributed by atoms with E-state index in [-0.39, 0.29) is 29.2 Å². The quantitative estimate of drug-likeness (QED) is 0.851. The molecule has 3 nitrogen and oxygen atoms in total. The van der Waals surface area contributed by atoms with Gasteiger partial charge in [-0.2, -0.15) is 13.2 Å². The number of benzene rings is 1. The van der Waals surface area contributed by atoms with Crippen molar-refractivity contribution in [2.45, 2.75) is 10.4 Å². The average Bonchev–Trinajstić information content (AvgIpc) is 2.19. The molecule has 0 aliphatic carbocycles. The lowest BCUT2D eigenvalue weighted by Crippen LogP contribution is -2.16. The molecular weight excluding hydrogens is 255 g/mol. The normalized spacial score (nSPS) is 11.3. The van der Waals surface area contributed by atoms with E-state index in [9.17, 15) is 18.0 Å². The molecule has 0 atom stereocenters. The number of rotatable bonds is 4. The highest BCUT2D eigenvalue weighted by atomic mass is 32.2. The summed E-state index contributed by atoms with van der Waals surface area (Å²) in [5.41, 5.74) is -3.88. The number of carbonyl (C=O) groups excluding carboxylic acids is 1. The van der Waals surface area contributed by atoms with E-state index in [1.54, 1.807) is 0 Å². The Labute approximate surface area is 100 Å². The van der Waals surface area contributed by atoms with Crippen molar-refractivity contribution in [3.05, 3.63) is 24.3 Å². The molecule has 0 fully saturated rings. The van der Waals surface area contributed by atoms with Crippen molar-refractivity contribution < 1.29 is 22.7 Å². The maximum atomic E-state index is 12.0. The Hall–Kier alpha value is -1.21. The summed E-state index contributed by atoms with van der Waals surface area (Å²) in [6.45, 7) is -0.0982. The molecule has 1 aromatic rings. The molecule has 1 amide bonds. The van der Waals surface area contributed by atoms with Crippen LogP contribution in [0.2, 0.25) is 0 Å². The van der Waals surface area contributed by atoms with E-state index < -0.39 is 5.51 Å². The summed E-state index contributed by atoms with van der Waals surface area (Å²) in [6.07, 6.45) is 0. The van der Waals surface area contributed by atoms with Crippen molar-refractivity contribution in [2.24, 2.45) is 0 Å². The summed E-state index contributed by atoms with van der Waals surface area (Å²) in [6, 6.07) is 5.39. The number of hydrogen-bond acceptors (Lipinski definition) is 3. The number of alkyl halides is 3. The van der Waals surface area contributed by atoms with Gasteiger partial charge in [0.05, 0.1) is 0 Å². The molecule has 7 heteroatoms. The number of anilines is 1. The predicted octanol–water partition coefficient (Wildman–Crippen LogP) is 2.88. The molecule has 0 aromatic heterocycles. The first kappa shape index (κ1) is 13.9. The Morgan fingerprint density at radius 2 is 1.94 bits per heavy atom. The van der Waals surface area contributed by atoms with Crippen LogP contribution in [0.15, 0.2) is 29.2 Å². The van der Waals surface area contributed by atoms with Gasteiger partial charge in [-0.1, -0.05) is 0 Å². The van der Waals surface area contributed by atoms with E-state index in [0.29, 0.717) is 5.69 Å². The van der Waals surface area contributed by atoms with Crippen molar-refractivity contribution in [1.82, 2.24) is 0 Å². The number of hydrogen-bond donors (Lipinski definition) is 1. The van der Waals surface area contributed by atoms with Gasteiger partial charge in [-0.3, -0.25) is 4.79 Å². The van der Waals surface area contributed by atoms with Gasteiger partial charge in [0.15, 0.2) is 0 Å². The van der Waals surface area contributed by atoms with E-state index in [1.807, 2.05) is 0 Å². The summed E-state index contributed by atoms with van der Waals surface area (Å²) < 4.78 is 40.7. The number of thioether (sulfide) groups is 1. The molecule has 17 heavy (non-hydrogen) atoms. The molecule has 94 valence electrons. The number of methoxy groups -OCH3 is 1. The van der Waals surface area contributed by atoms with Gasteiger partial charge < -0.3 is 10.1 Å². The van der Waals surface area contributed by atoms with E-state index in [2.05, 4.69) is 10.1 Å². The van der Waals surface area contributed by atoms with Gasteiger partial charge in [-0.05, 0) is 36.0 Å². The lowest BCUT2D eigenvalue weighted by atomic mass is 10.3. The van der Waals surface area contributed by atoms with Crippen LogP contribution in [-0.2, 0) is 9.53 Å². The molecule has 0 aliphatic heterocycles. The second-order valence-corrected chi connectivity index (χ2v) is 4.19. The van der Waals surface area contributed by atoms with Gasteiger partial charge in [0.25, 0.3) is 0 Å². The van der Waals surface area contributed by atoms with Crippen molar-refractivity contribution in [2.75, 3.05) is 19.0 Å². The molecule has 0 bridgehead atoms. The maximum Gasteiger partial charge on any atom is 0.446 e. The highest BCUT2D eigenvalue weighted by Gasteiger charge is 2.28. The average molecular weight is 265 g/mol. The van der Waals surface area contributed by atoms with E-state index in [0.717, 1.165) is 0 Å². The highest BCUT2D eigenvalue weighted by molar-refractivity contribution is 8.00. The Morgan fingerprint density at radius 1 is 1.35 bits per heavy atom. The molecule has 1 aromatic carbocycles. The summed E-state index contributed by atoms with van der Waals surface area (Å²) in [5.74, 6) is -0.358. The van der Waals surface area contributed by atoms with Crippen LogP contribution in [0.5, 0.6) is 0 Å². The maximum absolute atomic E-state index is 12.0. The fourth-order valence-electron chi connectivity index (χ4n) is 1.07. The topological polar surface area (TPSA) is 38.3 Å². The van der Waals surface area contributed by atoms with Crippen LogP contribution in [0.3, 0.4) is 0 Å². The second-order valence-electron chi connectivity index (χ2n) is 3.05. The Morgan fingerprint density at radius 3 is 2.41 bits per heavy atom. The lowest BCUT2D eigenvalue weighted by molar-refractivity contribution is -0.119. The zero-order chi connectivity index (χ0) is 12.9. The lowest BCUT2D eigenvalue weighted by Gasteiger charge is -2.07. The van der Waals surface area contributed by atoms with Gasteiger partial charge in [-0.15, -0.1) is 0 Å². The fourth-order valence-corrected chi connectivity index (χ4v) is 1.61. The van der Waals surface area contributed by atoms with Gasteiger partial charge in [0.1, 0.15) is 6.61 Å². The van der Waals surface area contributed by atoms with Crippen LogP contribution in [0.1, 0.15) is 0 Å². The zero-order valence-electron chi connectivity index (χ0n) is 8.88. The zero-order valence-corrected chi connectivity index (χ0v) is 9.69. The Kier molecular flexibility index (Phi) is 4.83. The Balaban J connectivity index is 2.59. The number of amides is 1. The molecule has 0 unspecified atom stereocenters. The molecule has 0 saturated heterocycles. The van der Waals surface area contributed by atoms with Crippen LogP contribution in [0.25, 0.3) is 0 Å². The number of carbonyl (C=O) groups is 1. The summed E-state index contributed by atoms with van der Waals surface area (Å²) >= 11 is -0.199. The largest absolute Gasteiger partial charge is 0.446 e. The van der Waals surface area contributed by atoms with E-state index in [4.69, 9.17) is 0 Å². The third kappa shape index (κ3) is 5.60. The molecule has 1 rings (SSSR count). The fraction of sp³-hybridized carbons (Fsp3) is 0.300. The minimum absolute atomic E-state index is 0.0715. The van der Waals surface area contributed by atoms with Crippen LogP contribution >= 0.6 is 11.8 Å². The molecule has 0 spiro atoms. The first-order chi connectivity index (χ1) is 7.90. The molecule has 0 heterocycles.